The van der Waals surface area contributed by atoms with E-state index in [0.717, 1.165) is 30.2 Å². The molecule has 0 saturated heterocycles. The molecule has 2 rings (SSSR count). The Morgan fingerprint density at radius 2 is 1.56 bits per heavy atom. The number of ether oxygens (including phenoxy) is 5. The van der Waals surface area contributed by atoms with Gasteiger partial charge in [0.1, 0.15) is 30.0 Å². The van der Waals surface area contributed by atoms with E-state index in [1.54, 1.807) is 37.5 Å². The van der Waals surface area contributed by atoms with Gasteiger partial charge in [-0.15, -0.1) is 0 Å². The molecular weight excluding hydrogens is 440 g/mol. The largest absolute Gasteiger partial charge is 0.497 e. The van der Waals surface area contributed by atoms with Gasteiger partial charge in [0.15, 0.2) is 0 Å². The predicted octanol–water partition coefficient (Wildman–Crippen LogP) is 3.58. The summed E-state index contributed by atoms with van der Waals surface area (Å²) in [7, 11) is 1.57. The molecule has 0 fully saturated rings. The fourth-order valence-corrected chi connectivity index (χ4v) is 2.63. The Balaban J connectivity index is 1.59. The zero-order valence-electron chi connectivity index (χ0n) is 19.2. The van der Waals surface area contributed by atoms with Gasteiger partial charge in [-0.25, -0.2) is 9.59 Å². The molecule has 1 N–H and O–H groups in total. The summed E-state index contributed by atoms with van der Waals surface area (Å²) in [5, 5.41) is 9.62. The topological polar surface area (TPSA) is 101 Å². The van der Waals surface area contributed by atoms with Gasteiger partial charge in [0.2, 0.25) is 0 Å². The molecule has 1 atom stereocenters. The van der Waals surface area contributed by atoms with E-state index in [0.29, 0.717) is 24.7 Å². The summed E-state index contributed by atoms with van der Waals surface area (Å²) in [6.07, 6.45) is 4.74. The molecule has 34 heavy (non-hydrogen) atoms. The Kier molecular flexibility index (Phi) is 12.0. The molecule has 0 saturated carbocycles. The Bertz CT molecular complexity index is 919. The van der Waals surface area contributed by atoms with Crippen LogP contribution < -0.4 is 14.2 Å². The highest BCUT2D eigenvalue weighted by Crippen LogP contribution is 2.18. The first-order valence-electron chi connectivity index (χ1n) is 10.8. The third-order valence-electron chi connectivity index (χ3n) is 4.42. The summed E-state index contributed by atoms with van der Waals surface area (Å²) in [6, 6.07) is 14.1. The zero-order chi connectivity index (χ0) is 24.6. The first-order chi connectivity index (χ1) is 16.5. The van der Waals surface area contributed by atoms with Crippen molar-refractivity contribution in [2.45, 2.75) is 18.9 Å². The highest BCUT2D eigenvalue weighted by molar-refractivity contribution is 5.88. The Labute approximate surface area is 199 Å². The van der Waals surface area contributed by atoms with Crippen molar-refractivity contribution in [1.82, 2.24) is 0 Å². The number of benzene rings is 2. The van der Waals surface area contributed by atoms with Gasteiger partial charge in [-0.3, -0.25) is 0 Å². The maximum absolute atomic E-state index is 12.0. The van der Waals surface area contributed by atoms with Crippen LogP contribution >= 0.6 is 0 Å². The smallest absolute Gasteiger partial charge is 0.336 e. The molecule has 0 amide bonds. The molecule has 0 aliphatic rings. The van der Waals surface area contributed by atoms with Gasteiger partial charge in [0.05, 0.1) is 20.3 Å². The maximum Gasteiger partial charge on any atom is 0.336 e. The molecule has 0 radical (unpaired) electrons. The summed E-state index contributed by atoms with van der Waals surface area (Å²) < 4.78 is 26.1. The van der Waals surface area contributed by atoms with Crippen LogP contribution in [-0.4, -0.2) is 56.7 Å². The number of unbranched alkanes of at least 4 members (excludes halogenated alkanes) is 1. The second-order valence-electron chi connectivity index (χ2n) is 7.12. The predicted molar refractivity (Wildman–Crippen MR) is 127 cm³/mol. The van der Waals surface area contributed by atoms with E-state index < -0.39 is 18.0 Å². The summed E-state index contributed by atoms with van der Waals surface area (Å²) in [5.74, 6) is 0.796. The molecule has 2 aromatic rings. The van der Waals surface area contributed by atoms with Crippen LogP contribution in [0, 0.1) is 0 Å². The van der Waals surface area contributed by atoms with Crippen LogP contribution in [0.1, 0.15) is 18.4 Å². The second kappa shape index (κ2) is 15.3. The molecular formula is C26H30O8. The minimum Gasteiger partial charge on any atom is -0.497 e. The van der Waals surface area contributed by atoms with Gasteiger partial charge in [-0.2, -0.15) is 0 Å². The average molecular weight is 471 g/mol. The number of carbonyl (C=O) groups is 2. The van der Waals surface area contributed by atoms with Crippen molar-refractivity contribution in [2.24, 2.45) is 0 Å². The summed E-state index contributed by atoms with van der Waals surface area (Å²) in [5.41, 5.74) is 0.838. The van der Waals surface area contributed by atoms with Crippen molar-refractivity contribution in [2.75, 3.05) is 33.5 Å². The van der Waals surface area contributed by atoms with Crippen LogP contribution in [-0.2, 0) is 19.1 Å². The molecule has 182 valence electrons. The fraction of sp³-hybridized carbons (Fsp3) is 0.308. The van der Waals surface area contributed by atoms with Crippen molar-refractivity contribution in [3.05, 3.63) is 72.8 Å². The van der Waals surface area contributed by atoms with E-state index in [2.05, 4.69) is 6.58 Å². The summed E-state index contributed by atoms with van der Waals surface area (Å²) >= 11 is 0. The number of hydrogen-bond acceptors (Lipinski definition) is 8. The molecule has 2 aromatic carbocycles. The lowest BCUT2D eigenvalue weighted by Gasteiger charge is -2.11. The summed E-state index contributed by atoms with van der Waals surface area (Å²) in [6.45, 7) is 4.23. The maximum atomic E-state index is 12.0. The highest BCUT2D eigenvalue weighted by atomic mass is 16.5. The number of aliphatic hydroxyl groups is 1. The van der Waals surface area contributed by atoms with Gasteiger partial charge in [0.25, 0.3) is 0 Å². The van der Waals surface area contributed by atoms with Crippen LogP contribution in [0.15, 0.2) is 67.3 Å². The first kappa shape index (κ1) is 26.6. The molecule has 0 aliphatic heterocycles. The Morgan fingerprint density at radius 3 is 2.24 bits per heavy atom. The third kappa shape index (κ3) is 10.8. The highest BCUT2D eigenvalue weighted by Gasteiger charge is 2.07. The molecule has 0 bridgehead atoms. The van der Waals surface area contributed by atoms with E-state index in [1.165, 1.54) is 6.08 Å². The lowest BCUT2D eigenvalue weighted by Crippen LogP contribution is -2.23. The van der Waals surface area contributed by atoms with Gasteiger partial charge in [-0.1, -0.05) is 18.7 Å². The van der Waals surface area contributed by atoms with Crippen LogP contribution in [0.5, 0.6) is 17.2 Å². The molecule has 8 heteroatoms. The number of carbonyl (C=O) groups excluding carboxylic acids is 2. The first-order valence-corrected chi connectivity index (χ1v) is 10.8. The van der Waals surface area contributed by atoms with Gasteiger partial charge >= 0.3 is 11.9 Å². The monoisotopic (exact) mass is 470 g/mol. The number of methoxy groups -OCH3 is 1. The minimum absolute atomic E-state index is 0.0912. The molecule has 8 nitrogen and oxygen atoms in total. The lowest BCUT2D eigenvalue weighted by atomic mass is 10.2. The van der Waals surface area contributed by atoms with E-state index >= 15 is 0 Å². The van der Waals surface area contributed by atoms with Crippen molar-refractivity contribution in [3.8, 4) is 17.2 Å². The summed E-state index contributed by atoms with van der Waals surface area (Å²) in [4.78, 5) is 22.9. The van der Waals surface area contributed by atoms with E-state index in [-0.39, 0.29) is 13.2 Å². The molecule has 1 unspecified atom stereocenters. The van der Waals surface area contributed by atoms with Gasteiger partial charge in [0, 0.05) is 18.8 Å². The van der Waals surface area contributed by atoms with E-state index in [9.17, 15) is 14.7 Å². The Hall–Kier alpha value is -3.62. The van der Waals surface area contributed by atoms with Crippen molar-refractivity contribution in [1.29, 1.82) is 0 Å². The van der Waals surface area contributed by atoms with E-state index in [4.69, 9.17) is 23.7 Å². The quantitative estimate of drug-likeness (QED) is 0.182. The number of rotatable bonds is 15. The van der Waals surface area contributed by atoms with E-state index in [1.807, 2.05) is 24.3 Å². The molecule has 0 spiro atoms. The van der Waals surface area contributed by atoms with Crippen LogP contribution in [0.2, 0.25) is 0 Å². The van der Waals surface area contributed by atoms with Crippen LogP contribution in [0.4, 0.5) is 0 Å². The van der Waals surface area contributed by atoms with Crippen molar-refractivity contribution < 1.29 is 38.4 Å². The number of aliphatic hydroxyl groups excluding tert-OH is 1. The number of esters is 2. The Morgan fingerprint density at radius 1 is 0.912 bits per heavy atom. The van der Waals surface area contributed by atoms with Gasteiger partial charge < -0.3 is 28.8 Å². The van der Waals surface area contributed by atoms with Gasteiger partial charge in [-0.05, 0) is 60.9 Å². The molecule has 0 aliphatic carbocycles. The SMILES string of the molecule is C=CC(=O)OCC(O)COCCCCOc1ccc(/C=C/C(=O)Oc2ccc(OC)cc2)cc1. The third-order valence-corrected chi connectivity index (χ3v) is 4.42. The van der Waals surface area contributed by atoms with Crippen LogP contribution in [0.3, 0.4) is 0 Å². The normalized spacial score (nSPS) is 11.6. The lowest BCUT2D eigenvalue weighted by molar-refractivity contribution is -0.141. The number of hydrogen-bond donors (Lipinski definition) is 1. The second-order valence-corrected chi connectivity index (χ2v) is 7.12. The minimum atomic E-state index is -0.864. The zero-order valence-corrected chi connectivity index (χ0v) is 19.2. The average Bonchev–Trinajstić information content (AvgIpc) is 2.86. The fourth-order valence-electron chi connectivity index (χ4n) is 2.63. The standard InChI is InChI=1S/C26H30O8/c1-3-25(28)33-19-21(27)18-31-16-4-5-17-32-23-9-6-20(7-10-23)8-15-26(29)34-24-13-11-22(30-2)12-14-24/h3,6-15,21,27H,1,4-5,16-19H2,2H3/b15-8+. The molecule has 0 aromatic heterocycles. The van der Waals surface area contributed by atoms with Crippen molar-refractivity contribution >= 4 is 18.0 Å². The van der Waals surface area contributed by atoms with Crippen LogP contribution in [0.25, 0.3) is 6.08 Å². The molecule has 0 heterocycles. The van der Waals surface area contributed by atoms with Crippen molar-refractivity contribution in [3.63, 3.8) is 0 Å².